The van der Waals surface area contributed by atoms with E-state index in [1.807, 2.05) is 79.7 Å². The summed E-state index contributed by atoms with van der Waals surface area (Å²) in [5.74, 6) is 0.588. The number of rotatable bonds is 7. The Morgan fingerprint density at radius 1 is 0.926 bits per heavy atom. The van der Waals surface area contributed by atoms with Crippen LogP contribution < -0.4 is 10.1 Å². The minimum atomic E-state index is -0.202. The van der Waals surface area contributed by atoms with Gasteiger partial charge < -0.3 is 10.1 Å². The van der Waals surface area contributed by atoms with Crippen molar-refractivity contribution in [3.63, 3.8) is 0 Å². The maximum Gasteiger partial charge on any atom is 0.258 e. The third-order valence-corrected chi connectivity index (χ3v) is 4.46. The number of hydrogen-bond acceptors (Lipinski definition) is 2. The fourth-order valence-corrected chi connectivity index (χ4v) is 3.11. The molecule has 0 bridgehead atoms. The Labute approximate surface area is 161 Å². The highest BCUT2D eigenvalue weighted by molar-refractivity contribution is 5.78. The van der Waals surface area contributed by atoms with E-state index >= 15 is 0 Å². The van der Waals surface area contributed by atoms with Crippen LogP contribution in [0.1, 0.15) is 35.2 Å². The highest BCUT2D eigenvalue weighted by Gasteiger charge is 2.16. The first-order chi connectivity index (χ1) is 13.2. The molecular formula is C24H25NO2. The highest BCUT2D eigenvalue weighted by atomic mass is 16.5. The molecule has 1 amide bonds. The number of aryl methyl sites for hydroxylation is 2. The van der Waals surface area contributed by atoms with Crippen molar-refractivity contribution >= 4 is 5.91 Å². The molecule has 3 aromatic rings. The number of nitrogens with one attached hydrogen (secondary N) is 1. The molecule has 0 unspecified atom stereocenters. The molecule has 138 valence electrons. The van der Waals surface area contributed by atoms with Gasteiger partial charge in [-0.2, -0.15) is 0 Å². The van der Waals surface area contributed by atoms with Crippen LogP contribution in [-0.2, 0) is 11.2 Å². The van der Waals surface area contributed by atoms with E-state index in [1.165, 1.54) is 5.56 Å². The molecule has 3 aromatic carbocycles. The van der Waals surface area contributed by atoms with Gasteiger partial charge in [-0.05, 0) is 47.7 Å². The Kier molecular flexibility index (Phi) is 6.26. The molecule has 0 saturated heterocycles. The average molecular weight is 359 g/mol. The van der Waals surface area contributed by atoms with Crippen LogP contribution in [0.2, 0.25) is 0 Å². The fourth-order valence-electron chi connectivity index (χ4n) is 3.11. The third-order valence-electron chi connectivity index (χ3n) is 4.46. The summed E-state index contributed by atoms with van der Waals surface area (Å²) in [5, 5.41) is 3.10. The molecule has 0 atom stereocenters. The molecule has 3 nitrogen and oxygen atoms in total. The lowest BCUT2D eigenvalue weighted by Gasteiger charge is -2.20. The van der Waals surface area contributed by atoms with Gasteiger partial charge in [-0.1, -0.05) is 73.7 Å². The minimum absolute atomic E-state index is 0.0111. The SMILES string of the molecule is CCc1cc(C)cc(OCC(=O)NC(c2ccccc2)c2ccccc2)c1. The largest absolute Gasteiger partial charge is 0.484 e. The number of ether oxygens (including phenoxy) is 1. The minimum Gasteiger partial charge on any atom is -0.484 e. The summed E-state index contributed by atoms with van der Waals surface area (Å²) in [5.41, 5.74) is 4.43. The van der Waals surface area contributed by atoms with Crippen molar-refractivity contribution in [3.8, 4) is 5.75 Å². The second kappa shape index (κ2) is 9.04. The van der Waals surface area contributed by atoms with Gasteiger partial charge in [0.15, 0.2) is 6.61 Å². The predicted octanol–water partition coefficient (Wildman–Crippen LogP) is 4.84. The quantitative estimate of drug-likeness (QED) is 0.655. The first kappa shape index (κ1) is 18.7. The molecule has 1 N–H and O–H groups in total. The first-order valence-corrected chi connectivity index (χ1v) is 9.28. The first-order valence-electron chi connectivity index (χ1n) is 9.28. The zero-order valence-electron chi connectivity index (χ0n) is 15.8. The number of amides is 1. The summed E-state index contributed by atoms with van der Waals surface area (Å²) < 4.78 is 5.75. The van der Waals surface area contributed by atoms with Crippen molar-refractivity contribution in [3.05, 3.63) is 101 Å². The molecule has 0 radical (unpaired) electrons. The summed E-state index contributed by atoms with van der Waals surface area (Å²) in [7, 11) is 0. The normalized spacial score (nSPS) is 10.6. The summed E-state index contributed by atoms with van der Waals surface area (Å²) in [6, 6.07) is 25.8. The molecule has 0 spiro atoms. The fraction of sp³-hybridized carbons (Fsp3) is 0.208. The highest BCUT2D eigenvalue weighted by Crippen LogP contribution is 2.22. The van der Waals surface area contributed by atoms with E-state index in [4.69, 9.17) is 4.74 Å². The van der Waals surface area contributed by atoms with E-state index < -0.39 is 0 Å². The lowest BCUT2D eigenvalue weighted by atomic mass is 9.99. The molecule has 3 heteroatoms. The molecule has 0 aliphatic rings. The van der Waals surface area contributed by atoms with Crippen LogP contribution in [0.5, 0.6) is 5.75 Å². The third kappa shape index (κ3) is 5.20. The van der Waals surface area contributed by atoms with Crippen molar-refractivity contribution in [1.29, 1.82) is 0 Å². The molecule has 0 aromatic heterocycles. The molecule has 27 heavy (non-hydrogen) atoms. The average Bonchev–Trinajstić information content (AvgIpc) is 2.71. The van der Waals surface area contributed by atoms with Gasteiger partial charge in [-0.3, -0.25) is 4.79 Å². The van der Waals surface area contributed by atoms with E-state index in [-0.39, 0.29) is 18.6 Å². The second-order valence-electron chi connectivity index (χ2n) is 6.62. The van der Waals surface area contributed by atoms with Gasteiger partial charge in [-0.25, -0.2) is 0 Å². The standard InChI is InChI=1S/C24H25NO2/c1-3-19-14-18(2)15-22(16-19)27-17-23(26)25-24(20-10-6-4-7-11-20)21-12-8-5-9-13-21/h4-16,24H,3,17H2,1-2H3,(H,25,26). The Morgan fingerprint density at radius 2 is 1.52 bits per heavy atom. The van der Waals surface area contributed by atoms with E-state index in [9.17, 15) is 4.79 Å². The Bertz CT molecular complexity index is 836. The summed E-state index contributed by atoms with van der Waals surface area (Å²) in [6.07, 6.45) is 0.939. The lowest BCUT2D eigenvalue weighted by molar-refractivity contribution is -0.123. The molecular weight excluding hydrogens is 334 g/mol. The van der Waals surface area contributed by atoms with Crippen LogP contribution in [0, 0.1) is 6.92 Å². The van der Waals surface area contributed by atoms with Gasteiger partial charge in [0.25, 0.3) is 5.91 Å². The molecule has 0 fully saturated rings. The van der Waals surface area contributed by atoms with Crippen molar-refractivity contribution in [1.82, 2.24) is 5.32 Å². The van der Waals surface area contributed by atoms with E-state index in [2.05, 4.69) is 18.3 Å². The number of carbonyl (C=O) groups is 1. The zero-order valence-corrected chi connectivity index (χ0v) is 15.8. The smallest absolute Gasteiger partial charge is 0.258 e. The summed E-state index contributed by atoms with van der Waals surface area (Å²) in [4.78, 5) is 12.6. The van der Waals surface area contributed by atoms with Gasteiger partial charge in [-0.15, -0.1) is 0 Å². The number of carbonyl (C=O) groups excluding carboxylic acids is 1. The maximum atomic E-state index is 12.6. The molecule has 0 heterocycles. The Hall–Kier alpha value is -3.07. The monoisotopic (exact) mass is 359 g/mol. The van der Waals surface area contributed by atoms with Crippen LogP contribution in [0.15, 0.2) is 78.9 Å². The Morgan fingerprint density at radius 3 is 2.07 bits per heavy atom. The molecule has 0 aliphatic heterocycles. The molecule has 0 saturated carbocycles. The second-order valence-corrected chi connectivity index (χ2v) is 6.62. The molecule has 0 aliphatic carbocycles. The van der Waals surface area contributed by atoms with Gasteiger partial charge >= 0.3 is 0 Å². The predicted molar refractivity (Wildman–Crippen MR) is 109 cm³/mol. The lowest BCUT2D eigenvalue weighted by Crippen LogP contribution is -2.33. The maximum absolute atomic E-state index is 12.6. The number of benzene rings is 3. The van der Waals surface area contributed by atoms with E-state index in [0.29, 0.717) is 0 Å². The van der Waals surface area contributed by atoms with Crippen molar-refractivity contribution in [2.45, 2.75) is 26.3 Å². The van der Waals surface area contributed by atoms with E-state index in [1.54, 1.807) is 0 Å². The van der Waals surface area contributed by atoms with Crippen molar-refractivity contribution < 1.29 is 9.53 Å². The van der Waals surface area contributed by atoms with Gasteiger partial charge in [0.05, 0.1) is 6.04 Å². The van der Waals surface area contributed by atoms with Crippen molar-refractivity contribution in [2.75, 3.05) is 6.61 Å². The van der Waals surface area contributed by atoms with Crippen molar-refractivity contribution in [2.24, 2.45) is 0 Å². The van der Waals surface area contributed by atoms with Crippen LogP contribution in [0.25, 0.3) is 0 Å². The summed E-state index contributed by atoms with van der Waals surface area (Å²) >= 11 is 0. The number of hydrogen-bond donors (Lipinski definition) is 1. The van der Waals surface area contributed by atoms with E-state index in [0.717, 1.165) is 28.9 Å². The van der Waals surface area contributed by atoms with Crippen LogP contribution in [-0.4, -0.2) is 12.5 Å². The topological polar surface area (TPSA) is 38.3 Å². The van der Waals surface area contributed by atoms with Crippen LogP contribution >= 0.6 is 0 Å². The van der Waals surface area contributed by atoms with Gasteiger partial charge in [0.1, 0.15) is 5.75 Å². The molecule has 3 rings (SSSR count). The summed E-state index contributed by atoms with van der Waals surface area (Å²) in [6.45, 7) is 4.13. The zero-order chi connectivity index (χ0) is 19.1. The van der Waals surface area contributed by atoms with Gasteiger partial charge in [0.2, 0.25) is 0 Å². The van der Waals surface area contributed by atoms with Crippen LogP contribution in [0.3, 0.4) is 0 Å². The Balaban J connectivity index is 1.71. The van der Waals surface area contributed by atoms with Gasteiger partial charge in [0, 0.05) is 0 Å². The van der Waals surface area contributed by atoms with Crippen LogP contribution in [0.4, 0.5) is 0 Å².